The molecule has 0 heterocycles. The molecule has 0 aliphatic carbocycles. The zero-order chi connectivity index (χ0) is 18.5. The fourth-order valence-electron chi connectivity index (χ4n) is 0.997. The van der Waals surface area contributed by atoms with Crippen LogP contribution in [0.5, 0.6) is 0 Å². The lowest BCUT2D eigenvalue weighted by Gasteiger charge is -2.09. The van der Waals surface area contributed by atoms with E-state index in [4.69, 9.17) is 9.47 Å². The summed E-state index contributed by atoms with van der Waals surface area (Å²) in [7, 11) is 0. The standard InChI is InChI=1S/C14H18O8S2/c1-3-9(2)13(17)19-4-5-20-14(18)10(22-12(16)8-24)6-21-11(15)7-23/h3,6,23-24H,4-5,7-8H2,1-2H3. The number of thiol groups is 2. The SMILES string of the molecule is CC=C(C)C(=O)OCCOC(=O)C(=COC(=O)CS)OC(=O)CS. The van der Waals surface area contributed by atoms with Crippen molar-refractivity contribution in [1.29, 1.82) is 0 Å². The van der Waals surface area contributed by atoms with Gasteiger partial charge in [0.25, 0.3) is 5.76 Å². The largest absolute Gasteiger partial charge is 0.459 e. The average Bonchev–Trinajstić information content (AvgIpc) is 2.60. The highest BCUT2D eigenvalue weighted by molar-refractivity contribution is 7.81. The van der Waals surface area contributed by atoms with E-state index < -0.39 is 29.6 Å². The van der Waals surface area contributed by atoms with Gasteiger partial charge in [-0.05, 0) is 13.8 Å². The Morgan fingerprint density at radius 1 is 0.917 bits per heavy atom. The van der Waals surface area contributed by atoms with Gasteiger partial charge in [-0.1, -0.05) is 6.08 Å². The maximum absolute atomic E-state index is 11.8. The fourth-order valence-corrected chi connectivity index (χ4v) is 1.14. The summed E-state index contributed by atoms with van der Waals surface area (Å²) in [5.41, 5.74) is 0.406. The molecule has 0 bridgehead atoms. The molecule has 0 rings (SSSR count). The van der Waals surface area contributed by atoms with Crippen LogP contribution in [-0.4, -0.2) is 48.6 Å². The van der Waals surface area contributed by atoms with Gasteiger partial charge in [0.15, 0.2) is 0 Å². The molecule has 8 nitrogen and oxygen atoms in total. The molecule has 0 atom stereocenters. The summed E-state index contributed by atoms with van der Waals surface area (Å²) in [6.07, 6.45) is 2.21. The minimum atomic E-state index is -1.07. The molecule has 0 saturated carbocycles. The number of carbonyl (C=O) groups excluding carboxylic acids is 4. The zero-order valence-electron chi connectivity index (χ0n) is 13.1. The third-order valence-electron chi connectivity index (χ3n) is 2.29. The lowest BCUT2D eigenvalue weighted by atomic mass is 10.3. The van der Waals surface area contributed by atoms with Crippen LogP contribution >= 0.6 is 25.3 Å². The van der Waals surface area contributed by atoms with Gasteiger partial charge < -0.3 is 18.9 Å². The van der Waals surface area contributed by atoms with Gasteiger partial charge in [0.05, 0.1) is 11.5 Å². The first kappa shape index (κ1) is 22.1. The molecular formula is C14H18O8S2. The Morgan fingerprint density at radius 3 is 1.96 bits per heavy atom. The van der Waals surface area contributed by atoms with Crippen molar-refractivity contribution in [2.45, 2.75) is 13.8 Å². The number of rotatable bonds is 9. The summed E-state index contributed by atoms with van der Waals surface area (Å²) < 4.78 is 18.8. The Bertz CT molecular complexity index is 539. The summed E-state index contributed by atoms with van der Waals surface area (Å²) >= 11 is 7.36. The number of ether oxygens (including phenoxy) is 4. The third-order valence-corrected chi connectivity index (χ3v) is 2.80. The van der Waals surface area contributed by atoms with Gasteiger partial charge in [-0.2, -0.15) is 25.3 Å². The Balaban J connectivity index is 4.56. The van der Waals surface area contributed by atoms with E-state index in [2.05, 4.69) is 34.7 Å². The monoisotopic (exact) mass is 378 g/mol. The lowest BCUT2D eigenvalue weighted by molar-refractivity contribution is -0.154. The third kappa shape index (κ3) is 9.26. The lowest BCUT2D eigenvalue weighted by Crippen LogP contribution is -2.19. The second kappa shape index (κ2) is 12.5. The van der Waals surface area contributed by atoms with Crippen LogP contribution in [-0.2, 0) is 38.1 Å². The summed E-state index contributed by atoms with van der Waals surface area (Å²) in [6, 6.07) is 0. The second-order valence-electron chi connectivity index (χ2n) is 4.01. The van der Waals surface area contributed by atoms with E-state index in [-0.39, 0.29) is 24.7 Å². The maximum atomic E-state index is 11.8. The molecule has 0 aromatic heterocycles. The van der Waals surface area contributed by atoms with Crippen molar-refractivity contribution in [2.24, 2.45) is 0 Å². The van der Waals surface area contributed by atoms with Crippen LogP contribution in [0.25, 0.3) is 0 Å². The zero-order valence-corrected chi connectivity index (χ0v) is 14.9. The molecule has 0 aromatic rings. The van der Waals surface area contributed by atoms with Crippen LogP contribution in [0, 0.1) is 0 Å². The van der Waals surface area contributed by atoms with E-state index in [0.29, 0.717) is 11.8 Å². The van der Waals surface area contributed by atoms with E-state index in [1.54, 1.807) is 19.9 Å². The molecule has 0 radical (unpaired) electrons. The predicted octanol–water partition coefficient (Wildman–Crippen LogP) is 0.826. The second-order valence-corrected chi connectivity index (χ2v) is 4.64. The topological polar surface area (TPSA) is 105 Å². The van der Waals surface area contributed by atoms with Crippen LogP contribution < -0.4 is 0 Å². The van der Waals surface area contributed by atoms with Crippen molar-refractivity contribution >= 4 is 49.1 Å². The number of hydrogen-bond acceptors (Lipinski definition) is 10. The molecule has 0 aliphatic rings. The Morgan fingerprint density at radius 2 is 1.46 bits per heavy atom. The number of allylic oxidation sites excluding steroid dienone is 1. The van der Waals surface area contributed by atoms with Gasteiger partial charge in [0, 0.05) is 5.57 Å². The molecule has 0 aromatic carbocycles. The van der Waals surface area contributed by atoms with Crippen molar-refractivity contribution in [3.05, 3.63) is 23.7 Å². The van der Waals surface area contributed by atoms with Gasteiger partial charge in [-0.3, -0.25) is 9.59 Å². The highest BCUT2D eigenvalue weighted by atomic mass is 32.1. The van der Waals surface area contributed by atoms with E-state index in [9.17, 15) is 19.2 Å². The fraction of sp³-hybridized carbons (Fsp3) is 0.429. The normalized spacial score (nSPS) is 11.5. The van der Waals surface area contributed by atoms with Crippen LogP contribution in [0.2, 0.25) is 0 Å². The molecule has 0 amide bonds. The molecule has 0 unspecified atom stereocenters. The quantitative estimate of drug-likeness (QED) is 0.152. The van der Waals surface area contributed by atoms with Gasteiger partial charge in [0.2, 0.25) is 0 Å². The van der Waals surface area contributed by atoms with Gasteiger partial charge >= 0.3 is 23.9 Å². The van der Waals surface area contributed by atoms with Crippen LogP contribution in [0.4, 0.5) is 0 Å². The summed E-state index contributed by atoms with van der Waals surface area (Å²) in [6.45, 7) is 2.77. The van der Waals surface area contributed by atoms with Crippen molar-refractivity contribution in [2.75, 3.05) is 24.7 Å². The number of carbonyl (C=O) groups is 4. The molecule has 0 N–H and O–H groups in total. The highest BCUT2D eigenvalue weighted by Gasteiger charge is 2.18. The average molecular weight is 378 g/mol. The molecule has 134 valence electrons. The Hall–Kier alpha value is -1.94. The van der Waals surface area contributed by atoms with E-state index in [1.807, 2.05) is 0 Å². The number of esters is 4. The van der Waals surface area contributed by atoms with Crippen LogP contribution in [0.15, 0.2) is 23.7 Å². The highest BCUT2D eigenvalue weighted by Crippen LogP contribution is 2.04. The summed E-state index contributed by atoms with van der Waals surface area (Å²) in [5, 5.41) is 0. The minimum Gasteiger partial charge on any atom is -0.459 e. The first-order chi connectivity index (χ1) is 11.3. The Labute approximate surface area is 150 Å². The molecule has 24 heavy (non-hydrogen) atoms. The molecule has 0 saturated heterocycles. The Kier molecular flexibility index (Phi) is 11.5. The van der Waals surface area contributed by atoms with E-state index >= 15 is 0 Å². The minimum absolute atomic E-state index is 0.194. The van der Waals surface area contributed by atoms with Crippen LogP contribution in [0.3, 0.4) is 0 Å². The molecule has 0 spiro atoms. The summed E-state index contributed by atoms with van der Waals surface area (Å²) in [4.78, 5) is 45.3. The predicted molar refractivity (Wildman–Crippen MR) is 89.3 cm³/mol. The molecule has 0 fully saturated rings. The smallest absolute Gasteiger partial charge is 0.377 e. The van der Waals surface area contributed by atoms with Crippen LogP contribution in [0.1, 0.15) is 13.8 Å². The first-order valence-electron chi connectivity index (χ1n) is 6.64. The van der Waals surface area contributed by atoms with Crippen molar-refractivity contribution in [3.8, 4) is 0 Å². The maximum Gasteiger partial charge on any atom is 0.377 e. The van der Waals surface area contributed by atoms with Crippen molar-refractivity contribution in [1.82, 2.24) is 0 Å². The van der Waals surface area contributed by atoms with E-state index in [1.165, 1.54) is 0 Å². The first-order valence-corrected chi connectivity index (χ1v) is 7.91. The van der Waals surface area contributed by atoms with Gasteiger partial charge in [-0.25, -0.2) is 9.59 Å². The van der Waals surface area contributed by atoms with Crippen molar-refractivity contribution < 1.29 is 38.1 Å². The molecule has 10 heteroatoms. The van der Waals surface area contributed by atoms with E-state index in [0.717, 1.165) is 0 Å². The number of hydrogen-bond donors (Lipinski definition) is 2. The molecular weight excluding hydrogens is 360 g/mol. The molecule has 0 aliphatic heterocycles. The van der Waals surface area contributed by atoms with Gasteiger partial charge in [-0.15, -0.1) is 0 Å². The summed E-state index contributed by atoms with van der Waals surface area (Å²) in [5.74, 6) is -4.41. The van der Waals surface area contributed by atoms with Crippen molar-refractivity contribution in [3.63, 3.8) is 0 Å². The van der Waals surface area contributed by atoms with Gasteiger partial charge in [0.1, 0.15) is 19.5 Å².